The Hall–Kier alpha value is -0.630. The van der Waals surface area contributed by atoms with Crippen LogP contribution in [0, 0.1) is 0 Å². The lowest BCUT2D eigenvalue weighted by atomic mass is 10.1. The van der Waals surface area contributed by atoms with E-state index in [9.17, 15) is 4.79 Å². The number of rotatable bonds is 3. The summed E-state index contributed by atoms with van der Waals surface area (Å²) in [4.78, 5) is 10.6. The molecule has 0 aliphatic carbocycles. The van der Waals surface area contributed by atoms with Crippen molar-refractivity contribution >= 4 is 5.78 Å². The fraction of sp³-hybridized carbons (Fsp3) is 0.700. The highest BCUT2D eigenvalue weighted by Gasteiger charge is 2.11. The predicted octanol–water partition coefficient (Wildman–Crippen LogP) is 2.09. The average Bonchev–Trinajstić information content (AvgIpc) is 2.05. The molecular formula is C10H16O2. The Morgan fingerprint density at radius 3 is 3.00 bits per heavy atom. The zero-order valence-corrected chi connectivity index (χ0v) is 7.58. The maximum atomic E-state index is 10.6. The predicted molar refractivity (Wildman–Crippen MR) is 48.0 cm³/mol. The largest absolute Gasteiger partial charge is 0.378 e. The lowest BCUT2D eigenvalue weighted by molar-refractivity contribution is -0.112. The lowest BCUT2D eigenvalue weighted by Crippen LogP contribution is -2.17. The molecule has 0 spiro atoms. The second-order valence-corrected chi connectivity index (χ2v) is 3.24. The molecular weight excluding hydrogens is 152 g/mol. The maximum Gasteiger partial charge on any atom is 0.152 e. The molecule has 0 N–H and O–H groups in total. The first-order valence-electron chi connectivity index (χ1n) is 4.58. The lowest BCUT2D eigenvalue weighted by Gasteiger charge is -2.20. The number of hydrogen-bond donors (Lipinski definition) is 0. The van der Waals surface area contributed by atoms with Gasteiger partial charge in [0.1, 0.15) is 0 Å². The van der Waals surface area contributed by atoms with Crippen molar-refractivity contribution in [3.05, 3.63) is 12.2 Å². The van der Waals surface area contributed by atoms with Gasteiger partial charge in [-0.05, 0) is 38.7 Å². The van der Waals surface area contributed by atoms with Crippen LogP contribution in [0.3, 0.4) is 0 Å². The highest BCUT2D eigenvalue weighted by molar-refractivity contribution is 5.87. The Labute approximate surface area is 73.6 Å². The fourth-order valence-electron chi connectivity index (χ4n) is 1.38. The first-order valence-corrected chi connectivity index (χ1v) is 4.58. The third kappa shape index (κ3) is 3.67. The zero-order valence-electron chi connectivity index (χ0n) is 7.58. The normalized spacial score (nSPS) is 24.6. The third-order valence-electron chi connectivity index (χ3n) is 2.03. The number of hydrogen-bond acceptors (Lipinski definition) is 2. The van der Waals surface area contributed by atoms with Crippen LogP contribution in [0.15, 0.2) is 12.2 Å². The van der Waals surface area contributed by atoms with Crippen LogP contribution >= 0.6 is 0 Å². The smallest absolute Gasteiger partial charge is 0.152 e. The minimum absolute atomic E-state index is 0.116. The van der Waals surface area contributed by atoms with E-state index in [0.29, 0.717) is 6.10 Å². The third-order valence-corrected chi connectivity index (χ3v) is 2.03. The zero-order chi connectivity index (χ0) is 8.81. The van der Waals surface area contributed by atoms with Crippen LogP contribution in [0.1, 0.15) is 32.6 Å². The molecule has 0 saturated carbocycles. The van der Waals surface area contributed by atoms with E-state index in [4.69, 9.17) is 4.74 Å². The summed E-state index contributed by atoms with van der Waals surface area (Å²) in [5.41, 5.74) is 0. The average molecular weight is 168 g/mol. The van der Waals surface area contributed by atoms with Crippen LogP contribution in [0.5, 0.6) is 0 Å². The van der Waals surface area contributed by atoms with Gasteiger partial charge < -0.3 is 4.74 Å². The van der Waals surface area contributed by atoms with E-state index in [1.807, 2.05) is 6.08 Å². The van der Waals surface area contributed by atoms with Gasteiger partial charge in [0, 0.05) is 6.61 Å². The second-order valence-electron chi connectivity index (χ2n) is 3.24. The van der Waals surface area contributed by atoms with Crippen LogP contribution < -0.4 is 0 Å². The Morgan fingerprint density at radius 1 is 1.58 bits per heavy atom. The molecule has 0 bridgehead atoms. The molecule has 1 rings (SSSR count). The van der Waals surface area contributed by atoms with E-state index in [2.05, 4.69) is 0 Å². The molecule has 1 fully saturated rings. The number of ketones is 1. The van der Waals surface area contributed by atoms with Crippen molar-refractivity contribution in [1.29, 1.82) is 0 Å². The van der Waals surface area contributed by atoms with Gasteiger partial charge in [0.05, 0.1) is 6.10 Å². The van der Waals surface area contributed by atoms with E-state index in [-0.39, 0.29) is 5.78 Å². The molecule has 0 radical (unpaired) electrons. The first kappa shape index (κ1) is 9.46. The molecule has 68 valence electrons. The molecule has 1 aliphatic rings. The quantitative estimate of drug-likeness (QED) is 0.603. The van der Waals surface area contributed by atoms with Crippen molar-refractivity contribution < 1.29 is 9.53 Å². The molecule has 2 nitrogen and oxygen atoms in total. The van der Waals surface area contributed by atoms with Gasteiger partial charge in [-0.15, -0.1) is 0 Å². The number of carbonyl (C=O) groups is 1. The first-order chi connectivity index (χ1) is 5.79. The molecule has 0 aromatic heterocycles. The minimum Gasteiger partial charge on any atom is -0.378 e. The molecule has 2 heteroatoms. The summed E-state index contributed by atoms with van der Waals surface area (Å²) >= 11 is 0. The van der Waals surface area contributed by atoms with Crippen LogP contribution in [0.25, 0.3) is 0 Å². The van der Waals surface area contributed by atoms with E-state index in [0.717, 1.165) is 19.4 Å². The van der Waals surface area contributed by atoms with E-state index < -0.39 is 0 Å². The van der Waals surface area contributed by atoms with Gasteiger partial charge in [-0.25, -0.2) is 0 Å². The molecule has 0 aromatic rings. The molecule has 1 heterocycles. The molecule has 0 aromatic carbocycles. The molecule has 12 heavy (non-hydrogen) atoms. The van der Waals surface area contributed by atoms with Gasteiger partial charge in [-0.1, -0.05) is 6.08 Å². The summed E-state index contributed by atoms with van der Waals surface area (Å²) in [7, 11) is 0. The fourth-order valence-corrected chi connectivity index (χ4v) is 1.38. The molecule has 0 amide bonds. The minimum atomic E-state index is 0.116. The van der Waals surface area contributed by atoms with Crippen molar-refractivity contribution in [2.45, 2.75) is 38.7 Å². The van der Waals surface area contributed by atoms with Crippen molar-refractivity contribution in [2.24, 2.45) is 0 Å². The Bertz CT molecular complexity index is 167. The summed E-state index contributed by atoms with van der Waals surface area (Å²) in [6.45, 7) is 2.46. The van der Waals surface area contributed by atoms with Crippen molar-refractivity contribution in [3.63, 3.8) is 0 Å². The summed E-state index contributed by atoms with van der Waals surface area (Å²) < 4.78 is 5.50. The van der Waals surface area contributed by atoms with E-state index in [1.54, 1.807) is 13.0 Å². The molecule has 1 atom stereocenters. The van der Waals surface area contributed by atoms with Crippen LogP contribution in [-0.2, 0) is 9.53 Å². The van der Waals surface area contributed by atoms with Crippen molar-refractivity contribution in [2.75, 3.05) is 6.61 Å². The molecule has 1 unspecified atom stereocenters. The van der Waals surface area contributed by atoms with Gasteiger partial charge in [-0.2, -0.15) is 0 Å². The Kier molecular flexibility index (Phi) is 4.01. The standard InChI is InChI=1S/C10H16O2/c1-9(11)5-4-7-10-6-2-3-8-12-10/h4-5,10H,2-3,6-8H2,1H3/b5-4+. The highest BCUT2D eigenvalue weighted by atomic mass is 16.5. The summed E-state index contributed by atoms with van der Waals surface area (Å²) in [5.74, 6) is 0.116. The second kappa shape index (κ2) is 5.09. The SMILES string of the molecule is CC(=O)/C=C/CC1CCCCO1. The summed E-state index contributed by atoms with van der Waals surface area (Å²) in [6.07, 6.45) is 8.37. The number of allylic oxidation sites excluding steroid dienone is 1. The van der Waals surface area contributed by atoms with Gasteiger partial charge in [0.15, 0.2) is 5.78 Å². The molecule has 1 aliphatic heterocycles. The van der Waals surface area contributed by atoms with Crippen molar-refractivity contribution in [3.8, 4) is 0 Å². The highest BCUT2D eigenvalue weighted by Crippen LogP contribution is 2.15. The maximum absolute atomic E-state index is 10.6. The van der Waals surface area contributed by atoms with Gasteiger partial charge in [0.25, 0.3) is 0 Å². The van der Waals surface area contributed by atoms with Gasteiger partial charge in [-0.3, -0.25) is 4.79 Å². The Morgan fingerprint density at radius 2 is 2.42 bits per heavy atom. The number of carbonyl (C=O) groups excluding carboxylic acids is 1. The molecule has 1 saturated heterocycles. The topological polar surface area (TPSA) is 26.3 Å². The summed E-state index contributed by atoms with van der Waals surface area (Å²) in [5, 5.41) is 0. The van der Waals surface area contributed by atoms with Crippen LogP contribution in [0.2, 0.25) is 0 Å². The van der Waals surface area contributed by atoms with E-state index in [1.165, 1.54) is 12.8 Å². The van der Waals surface area contributed by atoms with Crippen LogP contribution in [0.4, 0.5) is 0 Å². The van der Waals surface area contributed by atoms with E-state index >= 15 is 0 Å². The summed E-state index contributed by atoms with van der Waals surface area (Å²) in [6, 6.07) is 0. The number of ether oxygens (including phenoxy) is 1. The Balaban J connectivity index is 2.17. The van der Waals surface area contributed by atoms with Crippen LogP contribution in [-0.4, -0.2) is 18.5 Å². The van der Waals surface area contributed by atoms with Gasteiger partial charge in [0.2, 0.25) is 0 Å². The van der Waals surface area contributed by atoms with Gasteiger partial charge >= 0.3 is 0 Å². The monoisotopic (exact) mass is 168 g/mol. The van der Waals surface area contributed by atoms with Crippen molar-refractivity contribution in [1.82, 2.24) is 0 Å².